The average Bonchev–Trinajstić information content (AvgIpc) is 2.88. The highest BCUT2D eigenvalue weighted by molar-refractivity contribution is 9.10. The molecule has 0 aliphatic heterocycles. The first-order valence-electron chi connectivity index (χ1n) is 6.42. The van der Waals surface area contributed by atoms with E-state index in [1.807, 2.05) is 26.0 Å². The van der Waals surface area contributed by atoms with Crippen molar-refractivity contribution in [1.29, 1.82) is 0 Å². The third-order valence-electron chi connectivity index (χ3n) is 2.71. The van der Waals surface area contributed by atoms with Crippen LogP contribution in [-0.2, 0) is 6.42 Å². The molecule has 2 aromatic rings. The molecule has 0 unspecified atom stereocenters. The van der Waals surface area contributed by atoms with Crippen LogP contribution in [0.1, 0.15) is 41.9 Å². The number of aromatic nitrogens is 2. The largest absolute Gasteiger partial charge is 0.425 e. The Hall–Kier alpha value is -1.69. The van der Waals surface area contributed by atoms with Crippen LogP contribution >= 0.6 is 15.9 Å². The van der Waals surface area contributed by atoms with Crippen LogP contribution < -0.4 is 5.32 Å². The minimum absolute atomic E-state index is 0.110. The van der Waals surface area contributed by atoms with Gasteiger partial charge in [-0.05, 0) is 24.3 Å². The summed E-state index contributed by atoms with van der Waals surface area (Å²) in [5.41, 5.74) is 0.626. The number of carbonyl (C=O) groups is 1. The van der Waals surface area contributed by atoms with E-state index >= 15 is 0 Å². The Kier molecular flexibility index (Phi) is 4.89. The van der Waals surface area contributed by atoms with E-state index in [9.17, 15) is 4.79 Å². The van der Waals surface area contributed by atoms with Crippen LogP contribution in [0.25, 0.3) is 0 Å². The first-order chi connectivity index (χ1) is 9.56. The molecule has 1 heterocycles. The van der Waals surface area contributed by atoms with Crippen LogP contribution in [0.5, 0.6) is 0 Å². The predicted octanol–water partition coefficient (Wildman–Crippen LogP) is 2.93. The summed E-state index contributed by atoms with van der Waals surface area (Å²) in [6.45, 7) is 4.45. The summed E-state index contributed by atoms with van der Waals surface area (Å²) in [5, 5.41) is 10.7. The van der Waals surface area contributed by atoms with Crippen LogP contribution in [0.4, 0.5) is 0 Å². The number of carbonyl (C=O) groups excluding carboxylic acids is 1. The molecule has 0 radical (unpaired) electrons. The van der Waals surface area contributed by atoms with E-state index in [2.05, 4.69) is 31.4 Å². The molecule has 2 rings (SSSR count). The number of halogens is 1. The number of nitrogens with one attached hydrogen (secondary N) is 1. The Labute approximate surface area is 125 Å². The molecule has 20 heavy (non-hydrogen) atoms. The standard InChI is InChI=1S/C14H16BrN3O2/c1-9(2)14-18-17-12(20-14)7-8-16-13(19)10-3-5-11(15)6-4-10/h3-6,9H,7-8H2,1-2H3,(H,16,19). The Morgan fingerprint density at radius 1 is 1.30 bits per heavy atom. The molecule has 0 fully saturated rings. The number of nitrogens with zero attached hydrogens (tertiary/aromatic N) is 2. The number of benzene rings is 1. The van der Waals surface area contributed by atoms with Gasteiger partial charge in [0.2, 0.25) is 11.8 Å². The fraction of sp³-hybridized carbons (Fsp3) is 0.357. The molecular weight excluding hydrogens is 322 g/mol. The van der Waals surface area contributed by atoms with E-state index in [-0.39, 0.29) is 11.8 Å². The van der Waals surface area contributed by atoms with Gasteiger partial charge in [0.25, 0.3) is 5.91 Å². The molecule has 0 saturated heterocycles. The van der Waals surface area contributed by atoms with Gasteiger partial charge in [0, 0.05) is 28.9 Å². The van der Waals surface area contributed by atoms with Crippen molar-refractivity contribution in [3.8, 4) is 0 Å². The lowest BCUT2D eigenvalue weighted by molar-refractivity contribution is 0.0953. The minimum atomic E-state index is -0.110. The Bertz CT molecular complexity index is 578. The molecule has 0 aliphatic carbocycles. The number of hydrogen-bond acceptors (Lipinski definition) is 4. The minimum Gasteiger partial charge on any atom is -0.425 e. The molecule has 0 bridgehead atoms. The smallest absolute Gasteiger partial charge is 0.251 e. The third-order valence-corrected chi connectivity index (χ3v) is 3.24. The average molecular weight is 338 g/mol. The van der Waals surface area contributed by atoms with Gasteiger partial charge in [-0.15, -0.1) is 10.2 Å². The summed E-state index contributed by atoms with van der Waals surface area (Å²) in [6, 6.07) is 7.20. The maximum absolute atomic E-state index is 11.9. The highest BCUT2D eigenvalue weighted by Gasteiger charge is 2.10. The quantitative estimate of drug-likeness (QED) is 0.910. The number of rotatable bonds is 5. The van der Waals surface area contributed by atoms with Gasteiger partial charge < -0.3 is 9.73 Å². The molecule has 6 heteroatoms. The van der Waals surface area contributed by atoms with Gasteiger partial charge in [0.1, 0.15) is 0 Å². The van der Waals surface area contributed by atoms with Crippen molar-refractivity contribution in [3.05, 3.63) is 46.1 Å². The molecule has 1 aromatic carbocycles. The lowest BCUT2D eigenvalue weighted by Crippen LogP contribution is -2.25. The highest BCUT2D eigenvalue weighted by atomic mass is 79.9. The summed E-state index contributed by atoms with van der Waals surface area (Å²) < 4.78 is 6.41. The molecule has 1 amide bonds. The number of amides is 1. The normalized spacial score (nSPS) is 10.8. The molecule has 1 N–H and O–H groups in total. The molecule has 0 atom stereocenters. The van der Waals surface area contributed by atoms with Crippen molar-refractivity contribution >= 4 is 21.8 Å². The van der Waals surface area contributed by atoms with Crippen LogP contribution in [0, 0.1) is 0 Å². The van der Waals surface area contributed by atoms with Gasteiger partial charge >= 0.3 is 0 Å². The Balaban J connectivity index is 1.83. The summed E-state index contributed by atoms with van der Waals surface area (Å²) in [7, 11) is 0. The van der Waals surface area contributed by atoms with Crippen LogP contribution in [0.2, 0.25) is 0 Å². The van der Waals surface area contributed by atoms with Gasteiger partial charge in [-0.25, -0.2) is 0 Å². The summed E-state index contributed by atoms with van der Waals surface area (Å²) in [5.74, 6) is 1.28. The summed E-state index contributed by atoms with van der Waals surface area (Å²) in [6.07, 6.45) is 0.530. The van der Waals surface area contributed by atoms with Crippen molar-refractivity contribution in [1.82, 2.24) is 15.5 Å². The molecule has 0 spiro atoms. The molecule has 0 aliphatic rings. The van der Waals surface area contributed by atoms with Crippen LogP contribution in [0.3, 0.4) is 0 Å². The van der Waals surface area contributed by atoms with E-state index in [4.69, 9.17) is 4.42 Å². The Morgan fingerprint density at radius 2 is 2.00 bits per heavy atom. The van der Waals surface area contributed by atoms with Gasteiger partial charge in [0.15, 0.2) is 0 Å². The lowest BCUT2D eigenvalue weighted by Gasteiger charge is -2.03. The van der Waals surface area contributed by atoms with Crippen molar-refractivity contribution in [2.45, 2.75) is 26.2 Å². The van der Waals surface area contributed by atoms with Crippen LogP contribution in [0.15, 0.2) is 33.2 Å². The third kappa shape index (κ3) is 3.90. The molecule has 0 saturated carbocycles. The van der Waals surface area contributed by atoms with E-state index in [1.165, 1.54) is 0 Å². The molecule has 5 nitrogen and oxygen atoms in total. The van der Waals surface area contributed by atoms with Crippen LogP contribution in [-0.4, -0.2) is 22.6 Å². The fourth-order valence-electron chi connectivity index (χ4n) is 1.59. The van der Waals surface area contributed by atoms with E-state index in [1.54, 1.807) is 12.1 Å². The van der Waals surface area contributed by atoms with Crippen molar-refractivity contribution in [3.63, 3.8) is 0 Å². The Morgan fingerprint density at radius 3 is 2.60 bits per heavy atom. The van der Waals surface area contributed by atoms with Crippen molar-refractivity contribution in [2.75, 3.05) is 6.54 Å². The fourth-order valence-corrected chi connectivity index (χ4v) is 1.85. The zero-order valence-electron chi connectivity index (χ0n) is 11.4. The van der Waals surface area contributed by atoms with Gasteiger partial charge in [-0.1, -0.05) is 29.8 Å². The second-order valence-corrected chi connectivity index (χ2v) is 5.62. The van der Waals surface area contributed by atoms with Gasteiger partial charge in [-0.2, -0.15) is 0 Å². The predicted molar refractivity (Wildman–Crippen MR) is 78.6 cm³/mol. The van der Waals surface area contributed by atoms with Gasteiger partial charge in [0.05, 0.1) is 0 Å². The second-order valence-electron chi connectivity index (χ2n) is 4.70. The monoisotopic (exact) mass is 337 g/mol. The highest BCUT2D eigenvalue weighted by Crippen LogP contribution is 2.12. The second kappa shape index (κ2) is 6.65. The summed E-state index contributed by atoms with van der Waals surface area (Å²) in [4.78, 5) is 11.9. The maximum Gasteiger partial charge on any atom is 0.251 e. The summed E-state index contributed by atoms with van der Waals surface area (Å²) >= 11 is 3.33. The first-order valence-corrected chi connectivity index (χ1v) is 7.21. The maximum atomic E-state index is 11.9. The molecule has 106 valence electrons. The van der Waals surface area contributed by atoms with E-state index in [0.717, 1.165) is 4.47 Å². The zero-order chi connectivity index (χ0) is 14.5. The van der Waals surface area contributed by atoms with Gasteiger partial charge in [-0.3, -0.25) is 4.79 Å². The van der Waals surface area contributed by atoms with E-state index in [0.29, 0.717) is 30.3 Å². The van der Waals surface area contributed by atoms with E-state index < -0.39 is 0 Å². The van der Waals surface area contributed by atoms with Crippen molar-refractivity contribution < 1.29 is 9.21 Å². The SMILES string of the molecule is CC(C)c1nnc(CCNC(=O)c2ccc(Br)cc2)o1. The molecular formula is C14H16BrN3O2. The topological polar surface area (TPSA) is 68.0 Å². The molecule has 1 aromatic heterocycles. The zero-order valence-corrected chi connectivity index (χ0v) is 13.0. The number of hydrogen-bond donors (Lipinski definition) is 1. The lowest BCUT2D eigenvalue weighted by atomic mass is 10.2. The van der Waals surface area contributed by atoms with Crippen molar-refractivity contribution in [2.24, 2.45) is 0 Å². The first kappa shape index (κ1) is 14.7.